The van der Waals surface area contributed by atoms with E-state index in [1.54, 1.807) is 0 Å². The van der Waals surface area contributed by atoms with Crippen LogP contribution in [0.15, 0.2) is 54.6 Å². The van der Waals surface area contributed by atoms with Crippen LogP contribution in [0.4, 0.5) is 0 Å². The number of rotatable bonds is 6. The van der Waals surface area contributed by atoms with Crippen LogP contribution in [0.2, 0.25) is 0 Å². The summed E-state index contributed by atoms with van der Waals surface area (Å²) in [5.74, 6) is -0.133. The van der Waals surface area contributed by atoms with Crippen molar-refractivity contribution in [3.63, 3.8) is 0 Å². The normalized spacial score (nSPS) is 12.2. The third-order valence-corrected chi connectivity index (χ3v) is 3.73. The Bertz CT molecular complexity index is 783. The third kappa shape index (κ3) is 3.96. The molecular formula is C18H19N3O2. The first-order chi connectivity index (χ1) is 11.2. The minimum Gasteiger partial charge on any atom is -0.391 e. The summed E-state index contributed by atoms with van der Waals surface area (Å²) in [6, 6.07) is 17.4. The quantitative estimate of drug-likeness (QED) is 0.650. The molecule has 1 aromatic heterocycles. The summed E-state index contributed by atoms with van der Waals surface area (Å²) in [7, 11) is 0. The van der Waals surface area contributed by atoms with Crippen LogP contribution in [0, 0.1) is 0 Å². The molecule has 0 spiro atoms. The van der Waals surface area contributed by atoms with Gasteiger partial charge in [0.05, 0.1) is 23.7 Å². The molecule has 1 unspecified atom stereocenters. The number of aliphatic hydroxyl groups excluding tert-OH is 1. The average molecular weight is 309 g/mol. The summed E-state index contributed by atoms with van der Waals surface area (Å²) in [4.78, 5) is 12.0. The number of amides is 1. The Morgan fingerprint density at radius 2 is 1.87 bits per heavy atom. The van der Waals surface area contributed by atoms with Crippen molar-refractivity contribution in [2.75, 3.05) is 6.54 Å². The number of aromatic amines is 1. The molecule has 0 aliphatic rings. The highest BCUT2D eigenvalue weighted by Gasteiger charge is 2.11. The van der Waals surface area contributed by atoms with E-state index in [1.807, 2.05) is 54.6 Å². The second-order valence-electron chi connectivity index (χ2n) is 5.54. The molecule has 2 aromatic carbocycles. The maximum atomic E-state index is 12.0. The van der Waals surface area contributed by atoms with Crippen molar-refractivity contribution < 1.29 is 9.90 Å². The molecule has 0 saturated heterocycles. The first kappa shape index (κ1) is 15.2. The van der Waals surface area contributed by atoms with E-state index in [2.05, 4.69) is 15.5 Å². The lowest BCUT2D eigenvalue weighted by atomic mass is 10.1. The third-order valence-electron chi connectivity index (χ3n) is 3.73. The number of fused-ring (bicyclic) bond motifs is 1. The minimum atomic E-state index is -0.597. The molecule has 0 aliphatic carbocycles. The second-order valence-corrected chi connectivity index (χ2v) is 5.54. The van der Waals surface area contributed by atoms with Crippen molar-refractivity contribution in [3.05, 3.63) is 65.9 Å². The fourth-order valence-corrected chi connectivity index (χ4v) is 2.56. The number of nitrogens with one attached hydrogen (secondary N) is 2. The van der Waals surface area contributed by atoms with Gasteiger partial charge in [-0.15, -0.1) is 0 Å². The molecule has 0 fully saturated rings. The zero-order valence-corrected chi connectivity index (χ0v) is 12.7. The molecule has 23 heavy (non-hydrogen) atoms. The molecule has 0 radical (unpaired) electrons. The fourth-order valence-electron chi connectivity index (χ4n) is 2.56. The second kappa shape index (κ2) is 7.07. The van der Waals surface area contributed by atoms with Gasteiger partial charge in [-0.3, -0.25) is 9.89 Å². The zero-order chi connectivity index (χ0) is 16.1. The van der Waals surface area contributed by atoms with Gasteiger partial charge in [0, 0.05) is 18.4 Å². The lowest BCUT2D eigenvalue weighted by Gasteiger charge is -2.11. The van der Waals surface area contributed by atoms with Gasteiger partial charge in [-0.1, -0.05) is 48.5 Å². The Morgan fingerprint density at radius 3 is 2.70 bits per heavy atom. The van der Waals surface area contributed by atoms with E-state index >= 15 is 0 Å². The highest BCUT2D eigenvalue weighted by molar-refractivity contribution is 5.87. The smallest absolute Gasteiger partial charge is 0.226 e. The van der Waals surface area contributed by atoms with E-state index in [1.165, 1.54) is 0 Å². The zero-order valence-electron chi connectivity index (χ0n) is 12.7. The number of carbonyl (C=O) groups excluding carboxylic acids is 1. The van der Waals surface area contributed by atoms with Gasteiger partial charge in [0.1, 0.15) is 0 Å². The minimum absolute atomic E-state index is 0.133. The van der Waals surface area contributed by atoms with Gasteiger partial charge in [-0.25, -0.2) is 0 Å². The predicted octanol–water partition coefficient (Wildman–Crippen LogP) is 1.83. The van der Waals surface area contributed by atoms with Gasteiger partial charge in [0.25, 0.3) is 0 Å². The summed E-state index contributed by atoms with van der Waals surface area (Å²) >= 11 is 0. The van der Waals surface area contributed by atoms with Crippen molar-refractivity contribution in [1.82, 2.24) is 15.5 Å². The molecule has 0 saturated carbocycles. The van der Waals surface area contributed by atoms with Gasteiger partial charge >= 0.3 is 0 Å². The van der Waals surface area contributed by atoms with E-state index in [0.717, 1.165) is 22.2 Å². The van der Waals surface area contributed by atoms with E-state index in [-0.39, 0.29) is 18.9 Å². The summed E-state index contributed by atoms with van der Waals surface area (Å²) in [6.07, 6.45) is 0.145. The number of hydrogen-bond acceptors (Lipinski definition) is 3. The summed E-state index contributed by atoms with van der Waals surface area (Å²) in [6.45, 7) is 0.236. The largest absolute Gasteiger partial charge is 0.391 e. The van der Waals surface area contributed by atoms with Gasteiger partial charge in [-0.05, 0) is 11.6 Å². The average Bonchev–Trinajstić information content (AvgIpc) is 2.97. The first-order valence-electron chi connectivity index (χ1n) is 7.63. The summed E-state index contributed by atoms with van der Waals surface area (Å²) < 4.78 is 0. The number of H-pyrrole nitrogens is 1. The molecule has 0 bridgehead atoms. The van der Waals surface area contributed by atoms with E-state index in [0.29, 0.717) is 6.42 Å². The van der Waals surface area contributed by atoms with Gasteiger partial charge in [-0.2, -0.15) is 5.10 Å². The molecule has 3 N–H and O–H groups in total. The van der Waals surface area contributed by atoms with Crippen LogP contribution in [0.1, 0.15) is 11.3 Å². The van der Waals surface area contributed by atoms with Crippen LogP contribution in [-0.2, 0) is 17.6 Å². The molecule has 1 amide bonds. The van der Waals surface area contributed by atoms with Crippen LogP contribution in [0.3, 0.4) is 0 Å². The number of hydrogen-bond donors (Lipinski definition) is 3. The lowest BCUT2D eigenvalue weighted by molar-refractivity contribution is -0.120. The van der Waals surface area contributed by atoms with Crippen molar-refractivity contribution in [1.29, 1.82) is 0 Å². The number of aliphatic hydroxyl groups is 1. The number of carbonyl (C=O) groups is 1. The van der Waals surface area contributed by atoms with E-state index in [4.69, 9.17) is 0 Å². The van der Waals surface area contributed by atoms with Gasteiger partial charge < -0.3 is 10.4 Å². The molecule has 5 nitrogen and oxygen atoms in total. The Hall–Kier alpha value is -2.66. The van der Waals surface area contributed by atoms with Gasteiger partial charge in [0.15, 0.2) is 0 Å². The monoisotopic (exact) mass is 309 g/mol. The molecule has 0 aliphatic heterocycles. The fraction of sp³-hybridized carbons (Fsp3) is 0.222. The Kier molecular flexibility index (Phi) is 4.68. The molecular weight excluding hydrogens is 290 g/mol. The summed E-state index contributed by atoms with van der Waals surface area (Å²) in [5, 5.41) is 20.8. The predicted molar refractivity (Wildman–Crippen MR) is 89.0 cm³/mol. The maximum absolute atomic E-state index is 12.0. The van der Waals surface area contributed by atoms with E-state index in [9.17, 15) is 9.90 Å². The number of nitrogens with zero attached hydrogens (tertiary/aromatic N) is 1. The van der Waals surface area contributed by atoms with Crippen LogP contribution >= 0.6 is 0 Å². The van der Waals surface area contributed by atoms with Crippen molar-refractivity contribution in [2.24, 2.45) is 0 Å². The summed E-state index contributed by atoms with van der Waals surface area (Å²) in [5.41, 5.74) is 2.68. The van der Waals surface area contributed by atoms with Crippen LogP contribution in [0.5, 0.6) is 0 Å². The molecule has 3 rings (SSSR count). The van der Waals surface area contributed by atoms with Crippen molar-refractivity contribution in [2.45, 2.75) is 18.9 Å². The highest BCUT2D eigenvalue weighted by Crippen LogP contribution is 2.15. The highest BCUT2D eigenvalue weighted by atomic mass is 16.3. The number of para-hydroxylation sites is 1. The molecule has 5 heteroatoms. The Balaban J connectivity index is 1.51. The van der Waals surface area contributed by atoms with Crippen LogP contribution < -0.4 is 5.32 Å². The Labute approximate surface area is 134 Å². The van der Waals surface area contributed by atoms with Crippen molar-refractivity contribution in [3.8, 4) is 0 Å². The maximum Gasteiger partial charge on any atom is 0.226 e. The topological polar surface area (TPSA) is 78.0 Å². The van der Waals surface area contributed by atoms with Crippen molar-refractivity contribution >= 4 is 16.8 Å². The van der Waals surface area contributed by atoms with Crippen LogP contribution in [0.25, 0.3) is 10.9 Å². The molecule has 118 valence electrons. The molecule has 3 aromatic rings. The molecule has 1 heterocycles. The van der Waals surface area contributed by atoms with E-state index < -0.39 is 6.10 Å². The molecule has 1 atom stereocenters. The SMILES string of the molecule is O=C(Cc1[nH]nc2ccccc12)NCC(O)Cc1ccccc1. The standard InChI is InChI=1S/C18H19N3O2/c22-14(10-13-6-2-1-3-7-13)12-19-18(23)11-17-15-8-4-5-9-16(15)20-21-17/h1-9,14,22H,10-12H2,(H,19,23)(H,20,21). The van der Waals surface area contributed by atoms with Gasteiger partial charge in [0.2, 0.25) is 5.91 Å². The Morgan fingerprint density at radius 1 is 1.13 bits per heavy atom. The lowest BCUT2D eigenvalue weighted by Crippen LogP contribution is -2.34. The number of benzene rings is 2. The van der Waals surface area contributed by atoms with Crippen LogP contribution in [-0.4, -0.2) is 33.9 Å². The first-order valence-corrected chi connectivity index (χ1v) is 7.63. The number of aromatic nitrogens is 2.